The maximum absolute atomic E-state index is 12.2. The number of carbonyl (C=O) groups excluding carboxylic acids is 1. The molecular weight excluding hydrogens is 256 g/mol. The van der Waals surface area contributed by atoms with Gasteiger partial charge in [0, 0.05) is 39.3 Å². The van der Waals surface area contributed by atoms with Crippen LogP contribution < -0.4 is 0 Å². The third-order valence-electron chi connectivity index (χ3n) is 3.01. The Kier molecular flexibility index (Phi) is 4.47. The SMILES string of the molecule is COC(C)CN(C)C(=O)c1ccc(-n2cccn2)nc1. The number of hydrogen-bond donors (Lipinski definition) is 0. The number of amides is 1. The third-order valence-corrected chi connectivity index (χ3v) is 3.01. The van der Waals surface area contributed by atoms with Crippen LogP contribution in [-0.4, -0.2) is 52.4 Å². The molecule has 2 aromatic heterocycles. The van der Waals surface area contributed by atoms with Gasteiger partial charge in [0.05, 0.1) is 11.7 Å². The number of aromatic nitrogens is 3. The second kappa shape index (κ2) is 6.29. The normalized spacial score (nSPS) is 12.2. The summed E-state index contributed by atoms with van der Waals surface area (Å²) >= 11 is 0. The van der Waals surface area contributed by atoms with Crippen molar-refractivity contribution >= 4 is 5.91 Å². The van der Waals surface area contributed by atoms with Gasteiger partial charge in [-0.25, -0.2) is 9.67 Å². The fraction of sp³-hybridized carbons (Fsp3) is 0.357. The first-order valence-corrected chi connectivity index (χ1v) is 6.36. The molecular formula is C14H18N4O2. The predicted octanol–water partition coefficient (Wildman–Crippen LogP) is 1.37. The Morgan fingerprint density at radius 2 is 2.30 bits per heavy atom. The Bertz CT molecular complexity index is 551. The molecule has 0 fully saturated rings. The number of hydrogen-bond acceptors (Lipinski definition) is 4. The Morgan fingerprint density at radius 3 is 2.85 bits per heavy atom. The minimum atomic E-state index is -0.0755. The first-order chi connectivity index (χ1) is 9.61. The van der Waals surface area contributed by atoms with Gasteiger partial charge in [-0.05, 0) is 25.1 Å². The van der Waals surface area contributed by atoms with Crippen LogP contribution in [0.3, 0.4) is 0 Å². The van der Waals surface area contributed by atoms with Crippen molar-refractivity contribution in [2.75, 3.05) is 20.7 Å². The van der Waals surface area contributed by atoms with Crippen LogP contribution in [-0.2, 0) is 4.74 Å². The standard InChI is InChI=1S/C14H18N4O2/c1-11(20-3)10-17(2)14(19)12-5-6-13(15-9-12)18-8-4-7-16-18/h4-9,11H,10H2,1-3H3. The van der Waals surface area contributed by atoms with E-state index < -0.39 is 0 Å². The van der Waals surface area contributed by atoms with Crippen LogP contribution in [0.1, 0.15) is 17.3 Å². The van der Waals surface area contributed by atoms with Gasteiger partial charge in [0.1, 0.15) is 0 Å². The maximum Gasteiger partial charge on any atom is 0.255 e. The highest BCUT2D eigenvalue weighted by Gasteiger charge is 2.14. The van der Waals surface area contributed by atoms with E-state index in [9.17, 15) is 4.79 Å². The molecule has 2 aromatic rings. The van der Waals surface area contributed by atoms with Gasteiger partial charge in [-0.2, -0.15) is 5.10 Å². The van der Waals surface area contributed by atoms with Gasteiger partial charge >= 0.3 is 0 Å². The van der Waals surface area contributed by atoms with Gasteiger partial charge in [-0.15, -0.1) is 0 Å². The smallest absolute Gasteiger partial charge is 0.255 e. The van der Waals surface area contributed by atoms with Gasteiger partial charge < -0.3 is 9.64 Å². The molecule has 106 valence electrons. The molecule has 0 spiro atoms. The Balaban J connectivity index is 2.08. The highest BCUT2D eigenvalue weighted by atomic mass is 16.5. The van der Waals surface area contributed by atoms with Crippen LogP contribution in [0.15, 0.2) is 36.8 Å². The van der Waals surface area contributed by atoms with Crippen molar-refractivity contribution in [3.63, 3.8) is 0 Å². The van der Waals surface area contributed by atoms with Crippen molar-refractivity contribution in [3.8, 4) is 5.82 Å². The molecule has 0 aromatic carbocycles. The van der Waals surface area contributed by atoms with Crippen LogP contribution >= 0.6 is 0 Å². The summed E-state index contributed by atoms with van der Waals surface area (Å²) < 4.78 is 6.80. The molecule has 2 heterocycles. The molecule has 0 bridgehead atoms. The van der Waals surface area contributed by atoms with Gasteiger partial charge in [0.15, 0.2) is 5.82 Å². The molecule has 0 saturated heterocycles. The van der Waals surface area contributed by atoms with Crippen molar-refractivity contribution in [3.05, 3.63) is 42.4 Å². The average molecular weight is 274 g/mol. The van der Waals surface area contributed by atoms with E-state index in [0.717, 1.165) is 0 Å². The maximum atomic E-state index is 12.2. The number of pyridine rings is 1. The van der Waals surface area contributed by atoms with Gasteiger partial charge in [0.2, 0.25) is 0 Å². The van der Waals surface area contributed by atoms with E-state index in [-0.39, 0.29) is 12.0 Å². The molecule has 0 aliphatic heterocycles. The molecule has 0 aliphatic rings. The minimum absolute atomic E-state index is 0.000238. The number of rotatable bonds is 5. The minimum Gasteiger partial charge on any atom is -0.380 e. The molecule has 0 saturated carbocycles. The lowest BCUT2D eigenvalue weighted by Crippen LogP contribution is -2.33. The van der Waals surface area contributed by atoms with Crippen LogP contribution in [0.2, 0.25) is 0 Å². The van der Waals surface area contributed by atoms with E-state index in [1.165, 1.54) is 0 Å². The highest BCUT2D eigenvalue weighted by molar-refractivity contribution is 5.93. The monoisotopic (exact) mass is 274 g/mol. The summed E-state index contributed by atoms with van der Waals surface area (Å²) in [4.78, 5) is 18.1. The van der Waals surface area contributed by atoms with E-state index in [0.29, 0.717) is 17.9 Å². The zero-order chi connectivity index (χ0) is 14.5. The molecule has 1 amide bonds. The van der Waals surface area contributed by atoms with Gasteiger partial charge in [-0.1, -0.05) is 0 Å². The number of carbonyl (C=O) groups is 1. The Morgan fingerprint density at radius 1 is 1.50 bits per heavy atom. The highest BCUT2D eigenvalue weighted by Crippen LogP contribution is 2.07. The fourth-order valence-electron chi connectivity index (χ4n) is 1.82. The van der Waals surface area contributed by atoms with Crippen LogP contribution in [0, 0.1) is 0 Å². The summed E-state index contributed by atoms with van der Waals surface area (Å²) in [5.41, 5.74) is 0.548. The van der Waals surface area contributed by atoms with Crippen molar-refractivity contribution in [1.82, 2.24) is 19.7 Å². The van der Waals surface area contributed by atoms with Crippen molar-refractivity contribution in [1.29, 1.82) is 0 Å². The van der Waals surface area contributed by atoms with Crippen molar-refractivity contribution in [2.24, 2.45) is 0 Å². The first kappa shape index (κ1) is 14.2. The quantitative estimate of drug-likeness (QED) is 0.826. The molecule has 6 nitrogen and oxygen atoms in total. The second-order valence-electron chi connectivity index (χ2n) is 4.59. The van der Waals surface area contributed by atoms with Crippen LogP contribution in [0.4, 0.5) is 0 Å². The molecule has 1 atom stereocenters. The van der Waals surface area contributed by atoms with Crippen molar-refractivity contribution in [2.45, 2.75) is 13.0 Å². The van der Waals surface area contributed by atoms with E-state index in [1.807, 2.05) is 13.0 Å². The molecule has 0 radical (unpaired) electrons. The molecule has 1 unspecified atom stereocenters. The number of ether oxygens (including phenoxy) is 1. The largest absolute Gasteiger partial charge is 0.380 e. The van der Waals surface area contributed by atoms with E-state index in [1.54, 1.807) is 54.5 Å². The Hall–Kier alpha value is -2.21. The Labute approximate surface area is 118 Å². The first-order valence-electron chi connectivity index (χ1n) is 6.36. The average Bonchev–Trinajstić information content (AvgIpc) is 3.00. The van der Waals surface area contributed by atoms with E-state index in [4.69, 9.17) is 4.74 Å². The lowest BCUT2D eigenvalue weighted by molar-refractivity contribution is 0.0599. The second-order valence-corrected chi connectivity index (χ2v) is 4.59. The fourth-order valence-corrected chi connectivity index (χ4v) is 1.82. The zero-order valence-corrected chi connectivity index (χ0v) is 11.9. The molecule has 20 heavy (non-hydrogen) atoms. The molecule has 0 N–H and O–H groups in total. The molecule has 6 heteroatoms. The topological polar surface area (TPSA) is 60.2 Å². The predicted molar refractivity (Wildman–Crippen MR) is 74.8 cm³/mol. The molecule has 2 rings (SSSR count). The summed E-state index contributed by atoms with van der Waals surface area (Å²) in [6.07, 6.45) is 5.05. The summed E-state index contributed by atoms with van der Waals surface area (Å²) in [5.74, 6) is 0.605. The lowest BCUT2D eigenvalue weighted by atomic mass is 10.2. The number of nitrogens with zero attached hydrogens (tertiary/aromatic N) is 4. The van der Waals surface area contributed by atoms with E-state index in [2.05, 4.69) is 10.1 Å². The summed E-state index contributed by atoms with van der Waals surface area (Å²) in [6.45, 7) is 2.46. The van der Waals surface area contributed by atoms with Crippen LogP contribution in [0.5, 0.6) is 0 Å². The van der Waals surface area contributed by atoms with Crippen molar-refractivity contribution < 1.29 is 9.53 Å². The van der Waals surface area contributed by atoms with E-state index >= 15 is 0 Å². The lowest BCUT2D eigenvalue weighted by Gasteiger charge is -2.20. The summed E-state index contributed by atoms with van der Waals surface area (Å²) in [5, 5.41) is 4.09. The van der Waals surface area contributed by atoms with Gasteiger partial charge in [-0.3, -0.25) is 4.79 Å². The zero-order valence-electron chi connectivity index (χ0n) is 11.9. The summed E-state index contributed by atoms with van der Waals surface area (Å²) in [7, 11) is 3.38. The van der Waals surface area contributed by atoms with Gasteiger partial charge in [0.25, 0.3) is 5.91 Å². The third kappa shape index (κ3) is 3.21. The molecule has 0 aliphatic carbocycles. The number of likely N-dealkylation sites (N-methyl/N-ethyl adjacent to an activating group) is 1. The van der Waals surface area contributed by atoms with Crippen LogP contribution in [0.25, 0.3) is 5.82 Å². The number of methoxy groups -OCH3 is 1. The summed E-state index contributed by atoms with van der Waals surface area (Å²) in [6, 6.07) is 5.34.